The first kappa shape index (κ1) is 20.0. The molecule has 0 radical (unpaired) electrons. The van der Waals surface area contributed by atoms with Crippen molar-refractivity contribution in [2.24, 2.45) is 0 Å². The molecule has 1 amide bonds. The molecule has 140 valence electrons. The highest BCUT2D eigenvalue weighted by Crippen LogP contribution is 2.56. The summed E-state index contributed by atoms with van der Waals surface area (Å²) in [6.45, 7) is 1.78. The van der Waals surface area contributed by atoms with E-state index in [1.807, 2.05) is 18.2 Å². The molecule has 3 rings (SSSR count). The number of aryl methyl sites for hydroxylation is 1. The number of carbonyl (C=O) groups excluding carboxylic acids is 1. The van der Waals surface area contributed by atoms with Gasteiger partial charge in [0, 0.05) is 26.6 Å². The maximum atomic E-state index is 14.8. The van der Waals surface area contributed by atoms with Crippen LogP contribution in [0.4, 0.5) is 14.5 Å². The Morgan fingerprint density at radius 2 is 1.96 bits per heavy atom. The fraction of sp³-hybridized carbons (Fsp3) is 0.190. The summed E-state index contributed by atoms with van der Waals surface area (Å²) >= 11 is 6.83. The van der Waals surface area contributed by atoms with Gasteiger partial charge in [-0.1, -0.05) is 24.3 Å². The molecule has 27 heavy (non-hydrogen) atoms. The summed E-state index contributed by atoms with van der Waals surface area (Å²) < 4.78 is 29.8. The SMILES string of the molecule is Cc1ccc(F)cc1NC(=O)/C=C/C=C/C1(F)CC1c1ccc(Br)c(Br)c1. The number of allylic oxidation sites excluding steroid dienone is 3. The Bertz CT molecular complexity index is 942. The third kappa shape index (κ3) is 4.93. The number of nitrogens with one attached hydrogen (secondary N) is 1. The van der Waals surface area contributed by atoms with E-state index in [0.29, 0.717) is 12.1 Å². The van der Waals surface area contributed by atoms with E-state index < -0.39 is 17.4 Å². The lowest BCUT2D eigenvalue weighted by Gasteiger charge is -2.06. The van der Waals surface area contributed by atoms with Crippen LogP contribution in [0.25, 0.3) is 0 Å². The predicted octanol–water partition coefficient (Wildman–Crippen LogP) is 6.61. The first-order valence-corrected chi connectivity index (χ1v) is 9.94. The van der Waals surface area contributed by atoms with Gasteiger partial charge in [-0.2, -0.15) is 0 Å². The van der Waals surface area contributed by atoms with E-state index in [0.717, 1.165) is 20.1 Å². The van der Waals surface area contributed by atoms with E-state index in [2.05, 4.69) is 37.2 Å². The monoisotopic (exact) mass is 495 g/mol. The molecule has 0 aliphatic heterocycles. The largest absolute Gasteiger partial charge is 0.322 e. The van der Waals surface area contributed by atoms with E-state index in [1.54, 1.807) is 13.0 Å². The average molecular weight is 497 g/mol. The van der Waals surface area contributed by atoms with Crippen molar-refractivity contribution in [1.29, 1.82) is 0 Å². The van der Waals surface area contributed by atoms with E-state index in [-0.39, 0.29) is 5.92 Å². The lowest BCUT2D eigenvalue weighted by atomic mass is 10.1. The molecule has 6 heteroatoms. The van der Waals surface area contributed by atoms with Crippen molar-refractivity contribution in [3.05, 3.63) is 86.6 Å². The first-order chi connectivity index (χ1) is 12.8. The van der Waals surface area contributed by atoms with Crippen LogP contribution in [-0.2, 0) is 4.79 Å². The van der Waals surface area contributed by atoms with Crippen molar-refractivity contribution >= 4 is 43.5 Å². The maximum Gasteiger partial charge on any atom is 0.248 e. The highest BCUT2D eigenvalue weighted by Gasteiger charge is 2.54. The summed E-state index contributed by atoms with van der Waals surface area (Å²) in [7, 11) is 0. The molecule has 0 spiro atoms. The number of rotatable bonds is 5. The van der Waals surface area contributed by atoms with Crippen molar-refractivity contribution in [1.82, 2.24) is 0 Å². The van der Waals surface area contributed by atoms with Crippen LogP contribution in [0.5, 0.6) is 0 Å². The normalized spacial score (nSPS) is 21.7. The Morgan fingerprint density at radius 1 is 1.19 bits per heavy atom. The molecule has 2 atom stereocenters. The number of benzene rings is 2. The first-order valence-electron chi connectivity index (χ1n) is 8.35. The second-order valence-corrected chi connectivity index (χ2v) is 8.23. The number of hydrogen-bond donors (Lipinski definition) is 1. The van der Waals surface area contributed by atoms with Crippen molar-refractivity contribution in [2.75, 3.05) is 5.32 Å². The number of alkyl halides is 1. The van der Waals surface area contributed by atoms with E-state index in [4.69, 9.17) is 0 Å². The average Bonchev–Trinajstić information content (AvgIpc) is 3.29. The summed E-state index contributed by atoms with van der Waals surface area (Å²) in [6, 6.07) is 9.89. The summed E-state index contributed by atoms with van der Waals surface area (Å²) in [5.41, 5.74) is 0.713. The van der Waals surface area contributed by atoms with Gasteiger partial charge in [-0.3, -0.25) is 4.79 Å². The van der Waals surface area contributed by atoms with Crippen molar-refractivity contribution < 1.29 is 13.6 Å². The maximum absolute atomic E-state index is 14.8. The topological polar surface area (TPSA) is 29.1 Å². The van der Waals surface area contributed by atoms with Gasteiger partial charge in [0.25, 0.3) is 0 Å². The van der Waals surface area contributed by atoms with Crippen LogP contribution < -0.4 is 5.32 Å². The lowest BCUT2D eigenvalue weighted by Crippen LogP contribution is -2.09. The van der Waals surface area contributed by atoms with Crippen LogP contribution in [0.15, 0.2) is 69.6 Å². The minimum absolute atomic E-state index is 0.185. The zero-order valence-corrected chi connectivity index (χ0v) is 17.7. The van der Waals surface area contributed by atoms with E-state index >= 15 is 0 Å². The number of carbonyl (C=O) groups is 1. The van der Waals surface area contributed by atoms with E-state index in [9.17, 15) is 13.6 Å². The molecule has 1 aliphatic rings. The number of amides is 1. The third-order valence-electron chi connectivity index (χ3n) is 4.47. The molecule has 2 aromatic rings. The van der Waals surface area contributed by atoms with Crippen molar-refractivity contribution in [2.45, 2.75) is 24.9 Å². The van der Waals surface area contributed by atoms with Crippen molar-refractivity contribution in [3.8, 4) is 0 Å². The standard InChI is InChI=1S/C21H17Br2F2NO/c1-13-5-7-15(24)11-19(13)26-20(27)4-2-3-9-21(25)12-16(21)14-6-8-17(22)18(23)10-14/h2-11,16H,12H2,1H3,(H,26,27)/b4-2+,9-3+. The van der Waals surface area contributed by atoms with Gasteiger partial charge in [0.15, 0.2) is 0 Å². The molecular formula is C21H17Br2F2NO. The molecule has 0 aromatic heterocycles. The molecule has 1 N–H and O–H groups in total. The predicted molar refractivity (Wildman–Crippen MR) is 111 cm³/mol. The van der Waals surface area contributed by atoms with Crippen LogP contribution in [0.3, 0.4) is 0 Å². The van der Waals surface area contributed by atoms with Crippen LogP contribution in [0.1, 0.15) is 23.5 Å². The summed E-state index contributed by atoms with van der Waals surface area (Å²) in [5, 5.41) is 2.61. The second kappa shape index (κ2) is 8.07. The minimum atomic E-state index is -1.40. The molecule has 1 saturated carbocycles. The molecule has 1 fully saturated rings. The lowest BCUT2D eigenvalue weighted by molar-refractivity contribution is -0.111. The van der Waals surface area contributed by atoms with Crippen LogP contribution >= 0.6 is 31.9 Å². The van der Waals surface area contributed by atoms with Gasteiger partial charge in [0.1, 0.15) is 11.5 Å². The third-order valence-corrected chi connectivity index (χ3v) is 6.35. The fourth-order valence-corrected chi connectivity index (χ4v) is 3.47. The molecule has 1 aliphatic carbocycles. The van der Waals surface area contributed by atoms with Crippen LogP contribution in [0, 0.1) is 12.7 Å². The zero-order chi connectivity index (χ0) is 19.6. The summed E-state index contributed by atoms with van der Waals surface area (Å²) in [5.74, 6) is -1.00. The van der Waals surface area contributed by atoms with Gasteiger partial charge in [0.2, 0.25) is 5.91 Å². The van der Waals surface area contributed by atoms with Crippen LogP contribution in [0.2, 0.25) is 0 Å². The minimum Gasteiger partial charge on any atom is -0.322 e. The van der Waals surface area contributed by atoms with Gasteiger partial charge in [-0.15, -0.1) is 0 Å². The molecule has 2 aromatic carbocycles. The molecular weight excluding hydrogens is 480 g/mol. The number of halogens is 4. The Balaban J connectivity index is 1.57. The van der Waals surface area contributed by atoms with Gasteiger partial charge in [-0.25, -0.2) is 8.78 Å². The molecule has 0 bridgehead atoms. The number of hydrogen-bond acceptors (Lipinski definition) is 1. The highest BCUT2D eigenvalue weighted by molar-refractivity contribution is 9.13. The molecule has 0 saturated heterocycles. The summed E-state index contributed by atoms with van der Waals surface area (Å²) in [6.07, 6.45) is 6.20. The zero-order valence-electron chi connectivity index (χ0n) is 14.5. The molecule has 2 nitrogen and oxygen atoms in total. The highest BCUT2D eigenvalue weighted by atomic mass is 79.9. The molecule has 2 unspecified atom stereocenters. The Labute approximate surface area is 173 Å². The van der Waals surface area contributed by atoms with Gasteiger partial charge in [0.05, 0.1) is 0 Å². The Morgan fingerprint density at radius 3 is 2.70 bits per heavy atom. The fourth-order valence-electron chi connectivity index (χ4n) is 2.82. The second-order valence-electron chi connectivity index (χ2n) is 6.52. The summed E-state index contributed by atoms with van der Waals surface area (Å²) in [4.78, 5) is 11.9. The van der Waals surface area contributed by atoms with Crippen LogP contribution in [-0.4, -0.2) is 11.6 Å². The van der Waals surface area contributed by atoms with E-state index in [1.165, 1.54) is 36.4 Å². The van der Waals surface area contributed by atoms with Crippen molar-refractivity contribution in [3.63, 3.8) is 0 Å². The van der Waals surface area contributed by atoms with Gasteiger partial charge in [-0.05, 0) is 86.7 Å². The smallest absolute Gasteiger partial charge is 0.248 e. The Kier molecular flexibility index (Phi) is 5.96. The van der Waals surface area contributed by atoms with Gasteiger partial charge < -0.3 is 5.32 Å². The number of anilines is 1. The quantitative estimate of drug-likeness (QED) is 0.366. The molecule has 0 heterocycles. The Hall–Kier alpha value is -1.79. The van der Waals surface area contributed by atoms with Gasteiger partial charge >= 0.3 is 0 Å².